The minimum atomic E-state index is -1.03. The van der Waals surface area contributed by atoms with Gasteiger partial charge in [0.1, 0.15) is 16.9 Å². The lowest BCUT2D eigenvalue weighted by molar-refractivity contribution is -0.139. The summed E-state index contributed by atoms with van der Waals surface area (Å²) >= 11 is 0. The Morgan fingerprint density at radius 3 is 2.81 bits per heavy atom. The Kier molecular flexibility index (Phi) is 5.12. The maximum absolute atomic E-state index is 12.8. The molecule has 2 aliphatic heterocycles. The van der Waals surface area contributed by atoms with Gasteiger partial charge in [0.15, 0.2) is 11.5 Å². The van der Waals surface area contributed by atoms with E-state index in [1.54, 1.807) is 29.6 Å². The number of amides is 1. The van der Waals surface area contributed by atoms with Crippen LogP contribution in [0.2, 0.25) is 0 Å². The Balaban J connectivity index is 1.65. The normalized spacial score (nSPS) is 23.0. The molecule has 1 atom stereocenters. The molecule has 0 spiro atoms. The molecule has 1 N–H and O–H groups in total. The molecule has 1 fully saturated rings. The van der Waals surface area contributed by atoms with Gasteiger partial charge < -0.3 is 14.7 Å². The van der Waals surface area contributed by atoms with Crippen molar-refractivity contribution in [3.8, 4) is 0 Å². The lowest BCUT2D eigenvalue weighted by Gasteiger charge is -2.36. The minimum absolute atomic E-state index is 0.0788. The first kappa shape index (κ1) is 19.5. The number of carbonyl (C=O) groups is 2. The van der Waals surface area contributed by atoms with Crippen molar-refractivity contribution in [2.75, 3.05) is 13.1 Å². The molecule has 148 valence electrons. The molecule has 1 amide bonds. The van der Waals surface area contributed by atoms with Gasteiger partial charge in [-0.3, -0.25) is 14.3 Å². The van der Waals surface area contributed by atoms with E-state index in [1.165, 1.54) is 6.08 Å². The standard InChI is InChI=1S/C19H28N4O4/c1-18(2)9-14(24)8-15(27-18)17(25)22-7-5-6-13(10-22)11-23-12-16(20-21-23)19(3,4)26/h8,12-13,26H,5-7,9-11H2,1-4H3. The van der Waals surface area contributed by atoms with Crippen LogP contribution in [-0.4, -0.2) is 55.4 Å². The molecular formula is C19H28N4O4. The van der Waals surface area contributed by atoms with E-state index in [-0.39, 0.29) is 29.8 Å². The fraction of sp³-hybridized carbons (Fsp3) is 0.684. The van der Waals surface area contributed by atoms with Crippen molar-refractivity contribution < 1.29 is 19.4 Å². The number of rotatable bonds is 4. The second kappa shape index (κ2) is 7.07. The molecule has 8 heteroatoms. The third-order valence-electron chi connectivity index (χ3n) is 4.91. The van der Waals surface area contributed by atoms with Gasteiger partial charge in [0, 0.05) is 32.1 Å². The first-order valence-electron chi connectivity index (χ1n) is 9.39. The van der Waals surface area contributed by atoms with Gasteiger partial charge in [-0.2, -0.15) is 0 Å². The highest BCUT2D eigenvalue weighted by Gasteiger charge is 2.35. The zero-order valence-corrected chi connectivity index (χ0v) is 16.4. The molecule has 3 rings (SSSR count). The van der Waals surface area contributed by atoms with E-state index in [1.807, 2.05) is 13.8 Å². The summed E-state index contributed by atoms with van der Waals surface area (Å²) in [4.78, 5) is 26.5. The molecule has 1 aromatic rings. The van der Waals surface area contributed by atoms with E-state index in [4.69, 9.17) is 4.74 Å². The lowest BCUT2D eigenvalue weighted by Crippen LogP contribution is -2.44. The fourth-order valence-electron chi connectivity index (χ4n) is 3.57. The minimum Gasteiger partial charge on any atom is -0.481 e. The Hall–Kier alpha value is -2.22. The highest BCUT2D eigenvalue weighted by Crippen LogP contribution is 2.27. The first-order valence-corrected chi connectivity index (χ1v) is 9.39. The molecule has 0 bridgehead atoms. The van der Waals surface area contributed by atoms with Crippen LogP contribution in [0.25, 0.3) is 0 Å². The Bertz CT molecular complexity index is 760. The van der Waals surface area contributed by atoms with Gasteiger partial charge in [0.2, 0.25) is 0 Å². The van der Waals surface area contributed by atoms with Crippen molar-refractivity contribution in [2.45, 2.75) is 64.7 Å². The number of piperidine rings is 1. The maximum atomic E-state index is 12.8. The van der Waals surface area contributed by atoms with Gasteiger partial charge in [-0.05, 0) is 46.5 Å². The quantitative estimate of drug-likeness (QED) is 0.853. The number of hydrogen-bond donors (Lipinski definition) is 1. The number of carbonyl (C=O) groups excluding carboxylic acids is 2. The second-order valence-corrected chi connectivity index (χ2v) is 8.66. The van der Waals surface area contributed by atoms with E-state index < -0.39 is 11.2 Å². The number of ketones is 1. The highest BCUT2D eigenvalue weighted by atomic mass is 16.5. The smallest absolute Gasteiger partial charge is 0.289 e. The summed E-state index contributed by atoms with van der Waals surface area (Å²) < 4.78 is 7.46. The van der Waals surface area contributed by atoms with Crippen molar-refractivity contribution in [1.29, 1.82) is 0 Å². The summed E-state index contributed by atoms with van der Waals surface area (Å²) in [7, 11) is 0. The summed E-state index contributed by atoms with van der Waals surface area (Å²) in [5, 5.41) is 18.1. The number of hydrogen-bond acceptors (Lipinski definition) is 6. The number of allylic oxidation sites excluding steroid dienone is 1. The first-order chi connectivity index (χ1) is 12.5. The average molecular weight is 376 g/mol. The predicted molar refractivity (Wildman–Crippen MR) is 97.4 cm³/mol. The monoisotopic (exact) mass is 376 g/mol. The second-order valence-electron chi connectivity index (χ2n) is 8.66. The van der Waals surface area contributed by atoms with E-state index in [0.29, 0.717) is 25.3 Å². The van der Waals surface area contributed by atoms with Crippen molar-refractivity contribution in [1.82, 2.24) is 19.9 Å². The summed E-state index contributed by atoms with van der Waals surface area (Å²) in [5.74, 6) is 0.0652. The van der Waals surface area contributed by atoms with Gasteiger partial charge in [-0.1, -0.05) is 5.21 Å². The summed E-state index contributed by atoms with van der Waals surface area (Å²) in [6.45, 7) is 8.82. The van der Waals surface area contributed by atoms with Crippen LogP contribution in [0.5, 0.6) is 0 Å². The fourth-order valence-corrected chi connectivity index (χ4v) is 3.57. The molecule has 0 aromatic carbocycles. The van der Waals surface area contributed by atoms with Crippen molar-refractivity contribution >= 4 is 11.7 Å². The number of aromatic nitrogens is 3. The van der Waals surface area contributed by atoms with Gasteiger partial charge in [-0.15, -0.1) is 5.10 Å². The molecule has 27 heavy (non-hydrogen) atoms. The lowest BCUT2D eigenvalue weighted by atomic mass is 9.96. The van der Waals surface area contributed by atoms with Gasteiger partial charge in [0.25, 0.3) is 5.91 Å². The third kappa shape index (κ3) is 4.74. The van der Waals surface area contributed by atoms with Crippen molar-refractivity contribution in [2.24, 2.45) is 5.92 Å². The molecule has 2 aliphatic rings. The summed E-state index contributed by atoms with van der Waals surface area (Å²) in [6, 6.07) is 0. The van der Waals surface area contributed by atoms with E-state index >= 15 is 0 Å². The molecular weight excluding hydrogens is 348 g/mol. The molecule has 0 radical (unpaired) electrons. The van der Waals surface area contributed by atoms with Crippen LogP contribution in [0.1, 0.15) is 52.7 Å². The zero-order valence-electron chi connectivity index (χ0n) is 16.4. The number of likely N-dealkylation sites (tertiary alicyclic amines) is 1. The Labute approximate surface area is 159 Å². The third-order valence-corrected chi connectivity index (χ3v) is 4.91. The van der Waals surface area contributed by atoms with Crippen LogP contribution in [0.4, 0.5) is 0 Å². The number of aliphatic hydroxyl groups is 1. The van der Waals surface area contributed by atoms with E-state index in [9.17, 15) is 14.7 Å². The molecule has 1 saturated heterocycles. The van der Waals surface area contributed by atoms with E-state index in [0.717, 1.165) is 12.8 Å². The molecule has 8 nitrogen and oxygen atoms in total. The van der Waals surface area contributed by atoms with Crippen molar-refractivity contribution in [3.05, 3.63) is 23.7 Å². The molecule has 1 aromatic heterocycles. The van der Waals surface area contributed by atoms with Crippen LogP contribution in [0, 0.1) is 5.92 Å². The maximum Gasteiger partial charge on any atom is 0.289 e. The van der Waals surface area contributed by atoms with Crippen molar-refractivity contribution in [3.63, 3.8) is 0 Å². The van der Waals surface area contributed by atoms with Crippen LogP contribution >= 0.6 is 0 Å². The van der Waals surface area contributed by atoms with Gasteiger partial charge >= 0.3 is 0 Å². The number of nitrogens with zero attached hydrogens (tertiary/aromatic N) is 4. The molecule has 0 aliphatic carbocycles. The Morgan fingerprint density at radius 2 is 2.19 bits per heavy atom. The van der Waals surface area contributed by atoms with Crippen LogP contribution in [-0.2, 0) is 26.5 Å². The highest BCUT2D eigenvalue weighted by molar-refractivity contribution is 6.01. The van der Waals surface area contributed by atoms with Gasteiger partial charge in [0.05, 0.1) is 6.20 Å². The molecule has 1 unspecified atom stereocenters. The predicted octanol–water partition coefficient (Wildman–Crippen LogP) is 1.40. The zero-order chi connectivity index (χ0) is 19.8. The average Bonchev–Trinajstić information content (AvgIpc) is 3.01. The van der Waals surface area contributed by atoms with E-state index in [2.05, 4.69) is 10.3 Å². The summed E-state index contributed by atoms with van der Waals surface area (Å²) in [6.07, 6.45) is 5.21. The number of ether oxygens (including phenoxy) is 1. The van der Waals surface area contributed by atoms with Gasteiger partial charge in [-0.25, -0.2) is 0 Å². The molecule has 3 heterocycles. The SMILES string of the molecule is CC1(C)CC(=O)C=C(C(=O)N2CCCC(Cn3cc(C(C)(C)O)nn3)C2)O1. The van der Waals surface area contributed by atoms with Crippen LogP contribution < -0.4 is 0 Å². The topological polar surface area (TPSA) is 97.6 Å². The van der Waals surface area contributed by atoms with Crippen LogP contribution in [0.15, 0.2) is 18.0 Å². The summed E-state index contributed by atoms with van der Waals surface area (Å²) in [5.41, 5.74) is -1.16. The Morgan fingerprint density at radius 1 is 1.44 bits per heavy atom. The largest absolute Gasteiger partial charge is 0.481 e. The molecule has 0 saturated carbocycles. The van der Waals surface area contributed by atoms with Crippen LogP contribution in [0.3, 0.4) is 0 Å².